The number of aryl methyl sites for hydroxylation is 1. The van der Waals surface area contributed by atoms with Gasteiger partial charge < -0.3 is 10.0 Å². The molecule has 178 valence electrons. The lowest BCUT2D eigenvalue weighted by atomic mass is 10.1. The molecule has 2 nitrogen and oxygen atoms in total. The van der Waals surface area contributed by atoms with Crippen molar-refractivity contribution < 1.29 is 5.11 Å². The number of anilines is 2. The Morgan fingerprint density at radius 3 is 1.86 bits per heavy atom. The third-order valence-electron chi connectivity index (χ3n) is 6.31. The van der Waals surface area contributed by atoms with Crippen molar-refractivity contribution in [3.05, 3.63) is 150 Å². The van der Waals surface area contributed by atoms with Crippen molar-refractivity contribution >= 4 is 30.6 Å². The molecule has 5 rings (SSSR count). The summed E-state index contributed by atoms with van der Waals surface area (Å²) in [6.07, 6.45) is 0.856. The fraction of sp³-hybridized carbons (Fsp3) is 0.0909. The van der Waals surface area contributed by atoms with E-state index >= 15 is 0 Å². The molecule has 0 aliphatic rings. The van der Waals surface area contributed by atoms with Gasteiger partial charge in [0.2, 0.25) is 0 Å². The number of rotatable bonds is 8. The van der Waals surface area contributed by atoms with Crippen molar-refractivity contribution in [2.45, 2.75) is 19.9 Å². The van der Waals surface area contributed by atoms with Gasteiger partial charge in [0.1, 0.15) is 5.75 Å². The lowest BCUT2D eigenvalue weighted by molar-refractivity contribution is 0.479. The Kier molecular flexibility index (Phi) is 7.45. The number of hydrogen-bond acceptors (Lipinski definition) is 2. The molecule has 0 saturated heterocycles. The highest BCUT2D eigenvalue weighted by molar-refractivity contribution is 7.55. The van der Waals surface area contributed by atoms with Crippen LogP contribution in [0.2, 0.25) is 0 Å². The van der Waals surface area contributed by atoms with Crippen LogP contribution in [0.1, 0.15) is 22.3 Å². The molecule has 0 fully saturated rings. The van der Waals surface area contributed by atoms with Crippen molar-refractivity contribution in [3.63, 3.8) is 0 Å². The van der Waals surface area contributed by atoms with Crippen molar-refractivity contribution in [1.29, 1.82) is 0 Å². The summed E-state index contributed by atoms with van der Waals surface area (Å²) in [5.41, 5.74) is 7.31. The molecule has 5 aromatic rings. The molecule has 0 saturated carbocycles. The molecule has 0 bridgehead atoms. The van der Waals surface area contributed by atoms with Gasteiger partial charge in [0.05, 0.1) is 0 Å². The number of benzene rings is 5. The number of para-hydroxylation sites is 2. The van der Waals surface area contributed by atoms with Gasteiger partial charge in [-0.1, -0.05) is 105 Å². The molecule has 3 heteroatoms. The van der Waals surface area contributed by atoms with Crippen LogP contribution in [-0.4, -0.2) is 5.11 Å². The Hall–Kier alpha value is -3.87. The molecule has 0 spiro atoms. The van der Waals surface area contributed by atoms with Crippen LogP contribution in [0.15, 0.2) is 127 Å². The van der Waals surface area contributed by atoms with E-state index in [4.69, 9.17) is 0 Å². The van der Waals surface area contributed by atoms with Gasteiger partial charge in [-0.05, 0) is 71.7 Å². The van der Waals surface area contributed by atoms with E-state index in [1.165, 1.54) is 27.6 Å². The Morgan fingerprint density at radius 1 is 0.611 bits per heavy atom. The lowest BCUT2D eigenvalue weighted by Gasteiger charge is -2.26. The van der Waals surface area contributed by atoms with E-state index in [1.54, 1.807) is 0 Å². The maximum Gasteiger partial charge on any atom is 0.123 e. The van der Waals surface area contributed by atoms with Crippen molar-refractivity contribution in [3.8, 4) is 5.75 Å². The fourth-order valence-corrected chi connectivity index (χ4v) is 5.70. The number of phenolic OH excluding ortho intramolecular Hbond substituents is 1. The normalized spacial score (nSPS) is 11.1. The van der Waals surface area contributed by atoms with Gasteiger partial charge in [0.25, 0.3) is 0 Å². The van der Waals surface area contributed by atoms with E-state index in [0.29, 0.717) is 14.3 Å². The summed E-state index contributed by atoms with van der Waals surface area (Å²) in [5, 5.41) is 13.0. The first-order chi connectivity index (χ1) is 17.7. The molecule has 1 unspecified atom stereocenters. The molecule has 0 aromatic heterocycles. The zero-order valence-corrected chi connectivity index (χ0v) is 21.4. The van der Waals surface area contributed by atoms with E-state index < -0.39 is 0 Å². The predicted molar refractivity (Wildman–Crippen MR) is 155 cm³/mol. The van der Waals surface area contributed by atoms with Crippen LogP contribution in [0.25, 0.3) is 0 Å². The summed E-state index contributed by atoms with van der Waals surface area (Å²) in [7, 11) is 0.366. The molecule has 1 N–H and O–H groups in total. The van der Waals surface area contributed by atoms with E-state index in [1.807, 2.05) is 18.2 Å². The minimum atomic E-state index is 0.361. The SMILES string of the molecule is Cc1ccc(Pc2cc(Cc3ccccc3)ccc2O)c(CN(c2ccccc2)c2ccccc2)c1. The van der Waals surface area contributed by atoms with Crippen LogP contribution in [0, 0.1) is 6.92 Å². The second kappa shape index (κ2) is 11.2. The van der Waals surface area contributed by atoms with Gasteiger partial charge in [0.15, 0.2) is 0 Å². The highest BCUT2D eigenvalue weighted by Crippen LogP contribution is 2.29. The average Bonchev–Trinajstić information content (AvgIpc) is 2.92. The predicted octanol–water partition coefficient (Wildman–Crippen LogP) is 7.26. The van der Waals surface area contributed by atoms with Crippen LogP contribution in [0.4, 0.5) is 11.4 Å². The molecule has 1 atom stereocenters. The zero-order chi connectivity index (χ0) is 24.7. The van der Waals surface area contributed by atoms with Gasteiger partial charge in [-0.3, -0.25) is 0 Å². The highest BCUT2D eigenvalue weighted by Gasteiger charge is 2.14. The largest absolute Gasteiger partial charge is 0.507 e. The van der Waals surface area contributed by atoms with E-state index in [2.05, 4.69) is 121 Å². The van der Waals surface area contributed by atoms with Crippen molar-refractivity contribution in [1.82, 2.24) is 0 Å². The van der Waals surface area contributed by atoms with Crippen LogP contribution in [-0.2, 0) is 13.0 Å². The maximum atomic E-state index is 10.7. The molecule has 0 aliphatic carbocycles. The maximum absolute atomic E-state index is 10.7. The van der Waals surface area contributed by atoms with E-state index in [0.717, 1.165) is 29.6 Å². The molecule has 0 aliphatic heterocycles. The Labute approximate surface area is 215 Å². The number of nitrogens with zero attached hydrogens (tertiary/aromatic N) is 1. The highest BCUT2D eigenvalue weighted by atomic mass is 31.1. The summed E-state index contributed by atoms with van der Waals surface area (Å²) in [5.74, 6) is 0.361. The number of aromatic hydroxyl groups is 1. The minimum absolute atomic E-state index is 0.361. The van der Waals surface area contributed by atoms with Crippen molar-refractivity contribution in [2.75, 3.05) is 4.90 Å². The number of phenols is 1. The van der Waals surface area contributed by atoms with E-state index in [9.17, 15) is 5.11 Å². The van der Waals surface area contributed by atoms with Crippen molar-refractivity contribution in [2.24, 2.45) is 0 Å². The third-order valence-corrected chi connectivity index (χ3v) is 7.73. The quantitative estimate of drug-likeness (QED) is 0.233. The summed E-state index contributed by atoms with van der Waals surface area (Å²) in [6.45, 7) is 2.90. The summed E-state index contributed by atoms with van der Waals surface area (Å²) in [6, 6.07) is 44.3. The molecule has 0 amide bonds. The average molecular weight is 488 g/mol. The Bertz CT molecular complexity index is 1380. The standard InChI is InChI=1S/C33H30NOP/c1-25-17-20-32(36-33-23-27(18-19-31(33)35)22-26-11-5-2-6-12-26)28(21-25)24-34(29-13-7-3-8-14-29)30-15-9-4-10-16-30/h2-21,23,35-36H,22,24H2,1H3. The summed E-state index contributed by atoms with van der Waals surface area (Å²) < 4.78 is 0. The van der Waals surface area contributed by atoms with Gasteiger partial charge in [0, 0.05) is 23.2 Å². The molecule has 0 radical (unpaired) electrons. The molecule has 5 aromatic carbocycles. The monoisotopic (exact) mass is 487 g/mol. The van der Waals surface area contributed by atoms with Crippen LogP contribution >= 0.6 is 8.58 Å². The smallest absolute Gasteiger partial charge is 0.123 e. The second-order valence-corrected chi connectivity index (χ2v) is 10.4. The molecule has 36 heavy (non-hydrogen) atoms. The van der Waals surface area contributed by atoms with Gasteiger partial charge in [-0.15, -0.1) is 0 Å². The molecule has 0 heterocycles. The van der Waals surface area contributed by atoms with E-state index in [-0.39, 0.29) is 0 Å². The molecular weight excluding hydrogens is 457 g/mol. The van der Waals surface area contributed by atoms with Gasteiger partial charge in [-0.25, -0.2) is 0 Å². The number of hydrogen-bond donors (Lipinski definition) is 1. The zero-order valence-electron chi connectivity index (χ0n) is 20.4. The fourth-order valence-electron chi connectivity index (χ4n) is 4.46. The lowest BCUT2D eigenvalue weighted by Crippen LogP contribution is -2.21. The van der Waals surface area contributed by atoms with Crippen LogP contribution in [0.3, 0.4) is 0 Å². The summed E-state index contributed by atoms with van der Waals surface area (Å²) >= 11 is 0. The first-order valence-corrected chi connectivity index (χ1v) is 13.3. The van der Waals surface area contributed by atoms with Gasteiger partial charge >= 0.3 is 0 Å². The Morgan fingerprint density at radius 2 is 1.22 bits per heavy atom. The first kappa shape index (κ1) is 23.9. The molecular formula is C33H30NOP. The van der Waals surface area contributed by atoms with Crippen LogP contribution < -0.4 is 15.5 Å². The minimum Gasteiger partial charge on any atom is -0.507 e. The summed E-state index contributed by atoms with van der Waals surface area (Å²) in [4.78, 5) is 2.36. The Balaban J connectivity index is 1.47. The third kappa shape index (κ3) is 5.85. The van der Waals surface area contributed by atoms with Crippen LogP contribution in [0.5, 0.6) is 5.75 Å². The topological polar surface area (TPSA) is 23.5 Å². The second-order valence-electron chi connectivity index (χ2n) is 9.06. The first-order valence-electron chi connectivity index (χ1n) is 12.3. The van der Waals surface area contributed by atoms with Gasteiger partial charge in [-0.2, -0.15) is 0 Å².